The summed E-state index contributed by atoms with van der Waals surface area (Å²) in [6.07, 6.45) is 2.42. The largest absolute Gasteiger partial charge is 0.311 e. The average molecular weight is 264 g/mol. The Morgan fingerprint density at radius 1 is 1.42 bits per heavy atom. The smallest absolute Gasteiger partial charge is 0.123 e. The molecule has 2 nitrogen and oxygen atoms in total. The summed E-state index contributed by atoms with van der Waals surface area (Å²) in [6.45, 7) is 9.46. The first-order chi connectivity index (χ1) is 9.10. The average Bonchev–Trinajstić information content (AvgIpc) is 2.38. The highest BCUT2D eigenvalue weighted by Crippen LogP contribution is 2.17. The second-order valence-electron chi connectivity index (χ2n) is 5.74. The first kappa shape index (κ1) is 14.5. The molecule has 1 fully saturated rings. The molecule has 2 atom stereocenters. The van der Waals surface area contributed by atoms with Crippen molar-refractivity contribution >= 4 is 0 Å². The van der Waals surface area contributed by atoms with Gasteiger partial charge in [0, 0.05) is 31.7 Å². The Kier molecular flexibility index (Phi) is 4.94. The Morgan fingerprint density at radius 3 is 2.95 bits per heavy atom. The fourth-order valence-electron chi connectivity index (χ4n) is 2.79. The lowest BCUT2D eigenvalue weighted by Crippen LogP contribution is -2.54. The topological polar surface area (TPSA) is 15.3 Å². The summed E-state index contributed by atoms with van der Waals surface area (Å²) in [5.74, 6) is -0.131. The zero-order valence-electron chi connectivity index (χ0n) is 12.2. The van der Waals surface area contributed by atoms with Crippen molar-refractivity contribution in [3.05, 3.63) is 35.1 Å². The van der Waals surface area contributed by atoms with E-state index < -0.39 is 0 Å². The van der Waals surface area contributed by atoms with Gasteiger partial charge in [-0.25, -0.2) is 4.39 Å². The monoisotopic (exact) mass is 264 g/mol. The molecule has 0 radical (unpaired) electrons. The maximum absolute atomic E-state index is 13.4. The van der Waals surface area contributed by atoms with Gasteiger partial charge in [-0.2, -0.15) is 0 Å². The number of aryl methyl sites for hydroxylation is 1. The summed E-state index contributed by atoms with van der Waals surface area (Å²) < 4.78 is 13.4. The minimum absolute atomic E-state index is 0.131. The molecule has 2 rings (SSSR count). The van der Waals surface area contributed by atoms with E-state index in [1.807, 2.05) is 6.07 Å². The molecule has 1 aromatic carbocycles. The van der Waals surface area contributed by atoms with E-state index in [2.05, 4.69) is 31.0 Å². The summed E-state index contributed by atoms with van der Waals surface area (Å²) in [6, 6.07) is 6.19. The lowest BCUT2D eigenvalue weighted by molar-refractivity contribution is 0.129. The summed E-state index contributed by atoms with van der Waals surface area (Å²) in [5, 5.41) is 3.60. The van der Waals surface area contributed by atoms with E-state index >= 15 is 0 Å². The number of nitrogens with zero attached hydrogens (tertiary/aromatic N) is 1. The minimum atomic E-state index is -0.131. The molecule has 1 saturated heterocycles. The molecule has 1 aliphatic rings. The highest BCUT2D eigenvalue weighted by atomic mass is 19.1. The van der Waals surface area contributed by atoms with Crippen molar-refractivity contribution in [3.8, 4) is 0 Å². The molecule has 0 aromatic heterocycles. The second-order valence-corrected chi connectivity index (χ2v) is 5.74. The van der Waals surface area contributed by atoms with Crippen LogP contribution in [0.2, 0.25) is 0 Å². The molecular formula is C16H25FN2. The number of halogens is 1. The van der Waals surface area contributed by atoms with Crippen molar-refractivity contribution in [2.75, 3.05) is 13.1 Å². The van der Waals surface area contributed by atoms with Crippen LogP contribution in [-0.2, 0) is 6.54 Å². The molecule has 0 aliphatic carbocycles. The van der Waals surface area contributed by atoms with Gasteiger partial charge in [-0.3, -0.25) is 4.90 Å². The number of hydrogen-bond donors (Lipinski definition) is 1. The molecule has 1 aliphatic heterocycles. The molecule has 0 spiro atoms. The fourth-order valence-corrected chi connectivity index (χ4v) is 2.79. The number of rotatable bonds is 4. The van der Waals surface area contributed by atoms with Crippen LogP contribution in [0, 0.1) is 12.7 Å². The number of benzene rings is 1. The van der Waals surface area contributed by atoms with Crippen molar-refractivity contribution in [2.45, 2.75) is 52.2 Å². The van der Waals surface area contributed by atoms with Gasteiger partial charge in [-0.05, 0) is 43.5 Å². The van der Waals surface area contributed by atoms with Gasteiger partial charge in [0.05, 0.1) is 0 Å². The van der Waals surface area contributed by atoms with Crippen molar-refractivity contribution in [2.24, 2.45) is 0 Å². The van der Waals surface area contributed by atoms with E-state index in [4.69, 9.17) is 0 Å². The SMILES string of the molecule is CCCC1CN(Cc2cc(F)ccc2C)C(C)CN1. The molecule has 19 heavy (non-hydrogen) atoms. The summed E-state index contributed by atoms with van der Waals surface area (Å²) >= 11 is 0. The predicted octanol–water partition coefficient (Wildman–Crippen LogP) is 3.10. The van der Waals surface area contributed by atoms with Crippen LogP contribution >= 0.6 is 0 Å². The minimum Gasteiger partial charge on any atom is -0.311 e. The first-order valence-corrected chi connectivity index (χ1v) is 7.32. The lowest BCUT2D eigenvalue weighted by Gasteiger charge is -2.39. The third kappa shape index (κ3) is 3.77. The second kappa shape index (κ2) is 6.49. The molecule has 106 valence electrons. The van der Waals surface area contributed by atoms with Crippen LogP contribution in [0.15, 0.2) is 18.2 Å². The molecule has 1 heterocycles. The Hall–Kier alpha value is -0.930. The summed E-state index contributed by atoms with van der Waals surface area (Å²) in [7, 11) is 0. The van der Waals surface area contributed by atoms with Crippen LogP contribution in [0.25, 0.3) is 0 Å². The van der Waals surface area contributed by atoms with Gasteiger partial charge in [-0.1, -0.05) is 19.4 Å². The van der Waals surface area contributed by atoms with E-state index in [1.54, 1.807) is 12.1 Å². The van der Waals surface area contributed by atoms with Crippen LogP contribution in [0.3, 0.4) is 0 Å². The predicted molar refractivity (Wildman–Crippen MR) is 77.7 cm³/mol. The van der Waals surface area contributed by atoms with Crippen molar-refractivity contribution in [1.29, 1.82) is 0 Å². The number of nitrogens with one attached hydrogen (secondary N) is 1. The van der Waals surface area contributed by atoms with Gasteiger partial charge >= 0.3 is 0 Å². The van der Waals surface area contributed by atoms with Crippen LogP contribution in [0.5, 0.6) is 0 Å². The molecule has 1 N–H and O–H groups in total. The normalized spacial score (nSPS) is 24.6. The Bertz CT molecular complexity index is 419. The van der Waals surface area contributed by atoms with Crippen LogP contribution in [0.1, 0.15) is 37.8 Å². The van der Waals surface area contributed by atoms with Crippen molar-refractivity contribution in [1.82, 2.24) is 10.2 Å². The van der Waals surface area contributed by atoms with E-state index in [-0.39, 0.29) is 5.82 Å². The lowest BCUT2D eigenvalue weighted by atomic mass is 10.0. The molecular weight excluding hydrogens is 239 g/mol. The van der Waals surface area contributed by atoms with Gasteiger partial charge in [0.15, 0.2) is 0 Å². The zero-order chi connectivity index (χ0) is 13.8. The summed E-state index contributed by atoms with van der Waals surface area (Å²) in [4.78, 5) is 2.47. The zero-order valence-corrected chi connectivity index (χ0v) is 12.2. The first-order valence-electron chi connectivity index (χ1n) is 7.32. The van der Waals surface area contributed by atoms with Crippen molar-refractivity contribution < 1.29 is 4.39 Å². The molecule has 2 unspecified atom stereocenters. The van der Waals surface area contributed by atoms with Gasteiger partial charge in [0.2, 0.25) is 0 Å². The molecule has 1 aromatic rings. The van der Waals surface area contributed by atoms with Gasteiger partial charge in [0.25, 0.3) is 0 Å². The molecule has 3 heteroatoms. The van der Waals surface area contributed by atoms with E-state index in [9.17, 15) is 4.39 Å². The Labute approximate surface area is 116 Å². The third-order valence-corrected chi connectivity index (χ3v) is 4.10. The van der Waals surface area contributed by atoms with Crippen molar-refractivity contribution in [3.63, 3.8) is 0 Å². The highest BCUT2D eigenvalue weighted by molar-refractivity contribution is 5.26. The van der Waals surface area contributed by atoms with E-state index in [0.29, 0.717) is 12.1 Å². The van der Waals surface area contributed by atoms with Gasteiger partial charge in [-0.15, -0.1) is 0 Å². The van der Waals surface area contributed by atoms with Gasteiger partial charge < -0.3 is 5.32 Å². The van der Waals surface area contributed by atoms with E-state index in [1.165, 1.54) is 18.4 Å². The highest BCUT2D eigenvalue weighted by Gasteiger charge is 2.24. The maximum Gasteiger partial charge on any atom is 0.123 e. The fraction of sp³-hybridized carbons (Fsp3) is 0.625. The molecule has 0 saturated carbocycles. The third-order valence-electron chi connectivity index (χ3n) is 4.10. The Balaban J connectivity index is 2.05. The van der Waals surface area contributed by atoms with Crippen LogP contribution in [0.4, 0.5) is 4.39 Å². The molecule has 0 bridgehead atoms. The quantitative estimate of drug-likeness (QED) is 0.899. The molecule has 0 amide bonds. The number of piperazine rings is 1. The standard InChI is InChI=1S/C16H25FN2/c1-4-5-16-11-19(13(3)9-18-16)10-14-8-15(17)7-6-12(14)2/h6-8,13,16,18H,4-5,9-11H2,1-3H3. The van der Waals surface area contributed by atoms with Gasteiger partial charge in [0.1, 0.15) is 5.82 Å². The summed E-state index contributed by atoms with van der Waals surface area (Å²) in [5.41, 5.74) is 2.29. The number of hydrogen-bond acceptors (Lipinski definition) is 2. The van der Waals surface area contributed by atoms with Crippen LogP contribution < -0.4 is 5.32 Å². The van der Waals surface area contributed by atoms with Crippen LogP contribution in [-0.4, -0.2) is 30.1 Å². The maximum atomic E-state index is 13.4. The Morgan fingerprint density at radius 2 is 2.21 bits per heavy atom. The van der Waals surface area contributed by atoms with E-state index in [0.717, 1.165) is 25.2 Å².